The first-order valence-corrected chi connectivity index (χ1v) is 7.13. The van der Waals surface area contributed by atoms with Crippen molar-refractivity contribution in [3.63, 3.8) is 0 Å². The van der Waals surface area contributed by atoms with Gasteiger partial charge < -0.3 is 9.80 Å². The second kappa shape index (κ2) is 7.70. The van der Waals surface area contributed by atoms with Gasteiger partial charge in [0.05, 0.1) is 0 Å². The van der Waals surface area contributed by atoms with E-state index in [0.717, 1.165) is 45.4 Å². The molecule has 0 aromatic carbocycles. The highest BCUT2D eigenvalue weighted by molar-refractivity contribution is 5.76. The number of likely N-dealkylation sites (tertiary alicyclic amines) is 1. The number of piperidine rings is 1. The fourth-order valence-electron chi connectivity index (χ4n) is 2.54. The molecule has 0 atom stereocenters. The Kier molecular flexibility index (Phi) is 6.56. The molecule has 3 heteroatoms. The lowest BCUT2D eigenvalue weighted by Gasteiger charge is -2.30. The number of hydrogen-bond donors (Lipinski definition) is 0. The van der Waals surface area contributed by atoms with E-state index in [-0.39, 0.29) is 0 Å². The molecule has 0 radical (unpaired) electrons. The number of rotatable bonds is 6. The van der Waals surface area contributed by atoms with Crippen LogP contribution >= 0.6 is 0 Å². The summed E-state index contributed by atoms with van der Waals surface area (Å²) in [4.78, 5) is 16.6. The zero-order chi connectivity index (χ0) is 12.7. The minimum atomic E-state index is 0.378. The van der Waals surface area contributed by atoms with Crippen molar-refractivity contribution in [3.8, 4) is 0 Å². The van der Waals surface area contributed by atoms with Crippen LogP contribution in [0, 0.1) is 5.92 Å². The Morgan fingerprint density at radius 2 is 1.71 bits per heavy atom. The van der Waals surface area contributed by atoms with Gasteiger partial charge in [-0.15, -0.1) is 0 Å². The van der Waals surface area contributed by atoms with Gasteiger partial charge in [-0.05, 0) is 51.7 Å². The maximum atomic E-state index is 12.2. The zero-order valence-electron chi connectivity index (χ0n) is 11.7. The van der Waals surface area contributed by atoms with Gasteiger partial charge in [-0.3, -0.25) is 4.79 Å². The van der Waals surface area contributed by atoms with E-state index < -0.39 is 0 Å². The van der Waals surface area contributed by atoms with Gasteiger partial charge in [-0.1, -0.05) is 13.8 Å². The second-order valence-electron chi connectivity index (χ2n) is 5.33. The Bertz CT molecular complexity index is 216. The Hall–Kier alpha value is -0.570. The summed E-state index contributed by atoms with van der Waals surface area (Å²) in [5.74, 6) is 0.998. The molecule has 1 fully saturated rings. The van der Waals surface area contributed by atoms with E-state index in [1.807, 2.05) is 0 Å². The standard InChI is InChI=1S/C14H28N2O/c1-4-8-16(9-5-2)14(17)12-13-6-10-15(3)11-7-13/h13H,4-12H2,1-3H3. The summed E-state index contributed by atoms with van der Waals surface area (Å²) in [6.45, 7) is 8.45. The molecule has 100 valence electrons. The highest BCUT2D eigenvalue weighted by Crippen LogP contribution is 2.20. The summed E-state index contributed by atoms with van der Waals surface area (Å²) in [5, 5.41) is 0. The summed E-state index contributed by atoms with van der Waals surface area (Å²) in [6.07, 6.45) is 5.29. The minimum absolute atomic E-state index is 0.378. The topological polar surface area (TPSA) is 23.6 Å². The van der Waals surface area contributed by atoms with E-state index >= 15 is 0 Å². The van der Waals surface area contributed by atoms with Crippen molar-refractivity contribution >= 4 is 5.91 Å². The van der Waals surface area contributed by atoms with Crippen molar-refractivity contribution in [1.82, 2.24) is 9.80 Å². The van der Waals surface area contributed by atoms with Gasteiger partial charge >= 0.3 is 0 Å². The van der Waals surface area contributed by atoms with Gasteiger partial charge in [0.25, 0.3) is 0 Å². The molecule has 1 amide bonds. The van der Waals surface area contributed by atoms with Gasteiger partial charge in [0.1, 0.15) is 0 Å². The highest BCUT2D eigenvalue weighted by Gasteiger charge is 2.21. The van der Waals surface area contributed by atoms with Crippen LogP contribution in [-0.2, 0) is 4.79 Å². The van der Waals surface area contributed by atoms with Crippen molar-refractivity contribution in [2.24, 2.45) is 5.92 Å². The van der Waals surface area contributed by atoms with E-state index in [1.165, 1.54) is 12.8 Å². The van der Waals surface area contributed by atoms with Crippen molar-refractivity contribution in [1.29, 1.82) is 0 Å². The van der Waals surface area contributed by atoms with Crippen LogP contribution in [0.4, 0.5) is 0 Å². The maximum absolute atomic E-state index is 12.2. The fourth-order valence-corrected chi connectivity index (χ4v) is 2.54. The minimum Gasteiger partial charge on any atom is -0.343 e. The normalized spacial score (nSPS) is 18.3. The van der Waals surface area contributed by atoms with Crippen LogP contribution < -0.4 is 0 Å². The van der Waals surface area contributed by atoms with E-state index in [1.54, 1.807) is 0 Å². The largest absolute Gasteiger partial charge is 0.343 e. The summed E-state index contributed by atoms with van der Waals surface area (Å²) in [7, 11) is 2.17. The molecular formula is C14H28N2O. The van der Waals surface area contributed by atoms with Crippen molar-refractivity contribution in [3.05, 3.63) is 0 Å². The van der Waals surface area contributed by atoms with Crippen LogP contribution in [0.3, 0.4) is 0 Å². The quantitative estimate of drug-likeness (QED) is 0.711. The SMILES string of the molecule is CCCN(CCC)C(=O)CC1CCN(C)CC1. The van der Waals surface area contributed by atoms with Gasteiger partial charge in [0.15, 0.2) is 0 Å². The van der Waals surface area contributed by atoms with Gasteiger partial charge in [0.2, 0.25) is 5.91 Å². The number of carbonyl (C=O) groups is 1. The van der Waals surface area contributed by atoms with E-state index in [9.17, 15) is 4.79 Å². The molecule has 0 bridgehead atoms. The molecule has 3 nitrogen and oxygen atoms in total. The van der Waals surface area contributed by atoms with Gasteiger partial charge in [-0.2, -0.15) is 0 Å². The maximum Gasteiger partial charge on any atom is 0.222 e. The van der Waals surface area contributed by atoms with Crippen LogP contribution in [-0.4, -0.2) is 48.9 Å². The van der Waals surface area contributed by atoms with Crippen LogP contribution in [0.1, 0.15) is 46.0 Å². The predicted molar refractivity (Wildman–Crippen MR) is 72.0 cm³/mol. The fraction of sp³-hybridized carbons (Fsp3) is 0.929. The third kappa shape index (κ3) is 5.07. The monoisotopic (exact) mass is 240 g/mol. The lowest BCUT2D eigenvalue weighted by atomic mass is 9.93. The first-order chi connectivity index (χ1) is 8.17. The van der Waals surface area contributed by atoms with E-state index in [4.69, 9.17) is 0 Å². The molecule has 0 saturated carbocycles. The van der Waals surface area contributed by atoms with Crippen LogP contribution in [0.15, 0.2) is 0 Å². The lowest BCUT2D eigenvalue weighted by molar-refractivity contribution is -0.132. The Morgan fingerprint density at radius 1 is 1.18 bits per heavy atom. The average Bonchev–Trinajstić information content (AvgIpc) is 2.32. The summed E-state index contributed by atoms with van der Waals surface area (Å²) >= 11 is 0. The van der Waals surface area contributed by atoms with Crippen LogP contribution in [0.25, 0.3) is 0 Å². The number of carbonyl (C=O) groups excluding carboxylic acids is 1. The van der Waals surface area contributed by atoms with Gasteiger partial charge in [-0.25, -0.2) is 0 Å². The third-order valence-corrected chi connectivity index (χ3v) is 3.64. The van der Waals surface area contributed by atoms with Crippen LogP contribution in [0.2, 0.25) is 0 Å². The van der Waals surface area contributed by atoms with E-state index in [2.05, 4.69) is 30.7 Å². The molecule has 0 aliphatic carbocycles. The third-order valence-electron chi connectivity index (χ3n) is 3.64. The molecule has 0 aromatic heterocycles. The number of amides is 1. The molecule has 1 aliphatic rings. The van der Waals surface area contributed by atoms with Gasteiger partial charge in [0, 0.05) is 19.5 Å². The molecule has 0 N–H and O–H groups in total. The summed E-state index contributed by atoms with van der Waals surface area (Å²) < 4.78 is 0. The van der Waals surface area contributed by atoms with Crippen LogP contribution in [0.5, 0.6) is 0 Å². The molecule has 0 aromatic rings. The number of hydrogen-bond acceptors (Lipinski definition) is 2. The Balaban J connectivity index is 2.35. The average molecular weight is 240 g/mol. The highest BCUT2D eigenvalue weighted by atomic mass is 16.2. The second-order valence-corrected chi connectivity index (χ2v) is 5.33. The van der Waals surface area contributed by atoms with Crippen molar-refractivity contribution < 1.29 is 4.79 Å². The Labute approximate surface area is 106 Å². The smallest absolute Gasteiger partial charge is 0.222 e. The predicted octanol–water partition coefficient (Wildman–Crippen LogP) is 2.37. The molecule has 0 spiro atoms. The molecule has 1 heterocycles. The molecule has 1 aliphatic heterocycles. The Morgan fingerprint density at radius 3 is 2.18 bits per heavy atom. The lowest BCUT2D eigenvalue weighted by Crippen LogP contribution is -2.36. The zero-order valence-corrected chi connectivity index (χ0v) is 11.7. The summed E-state index contributed by atoms with van der Waals surface area (Å²) in [6, 6.07) is 0. The molecule has 17 heavy (non-hydrogen) atoms. The first kappa shape index (κ1) is 14.5. The molecule has 1 saturated heterocycles. The van der Waals surface area contributed by atoms with Crippen molar-refractivity contribution in [2.75, 3.05) is 33.2 Å². The first-order valence-electron chi connectivity index (χ1n) is 7.13. The van der Waals surface area contributed by atoms with E-state index in [0.29, 0.717) is 11.8 Å². The summed E-state index contributed by atoms with van der Waals surface area (Å²) in [5.41, 5.74) is 0. The molecule has 0 unspecified atom stereocenters. The number of nitrogens with zero attached hydrogens (tertiary/aromatic N) is 2. The van der Waals surface area contributed by atoms with Crippen molar-refractivity contribution in [2.45, 2.75) is 46.0 Å². The molecule has 1 rings (SSSR count). The molecular weight excluding hydrogens is 212 g/mol.